The van der Waals surface area contributed by atoms with Crippen LogP contribution >= 0.6 is 0 Å². The maximum absolute atomic E-state index is 9.80. The lowest BCUT2D eigenvalue weighted by Crippen LogP contribution is -2.55. The van der Waals surface area contributed by atoms with Crippen molar-refractivity contribution in [3.63, 3.8) is 0 Å². The molecule has 0 radical (unpaired) electrons. The van der Waals surface area contributed by atoms with Crippen LogP contribution in [0.4, 0.5) is 0 Å². The van der Waals surface area contributed by atoms with Crippen molar-refractivity contribution >= 4 is 0 Å². The van der Waals surface area contributed by atoms with Crippen molar-refractivity contribution in [3.8, 4) is 11.5 Å². The number of nitrogens with zero attached hydrogens (tertiary/aromatic N) is 2. The summed E-state index contributed by atoms with van der Waals surface area (Å²) in [4.78, 5) is 5.21. The van der Waals surface area contributed by atoms with Gasteiger partial charge in [-0.3, -0.25) is 9.80 Å². The van der Waals surface area contributed by atoms with E-state index in [1.165, 1.54) is 31.5 Å². The fraction of sp³-hybridized carbons (Fsp3) is 0.647. The standard InChI is InChI=1S/C17H26N2O2/c1-3-21-17-11-14(6-7-16(17)20)12-19-10-9-18-8-4-5-15(18)13(19)2/h6-7,11,13,15,20H,3-5,8-10,12H2,1-2H3/t13-,15-/m0/s1. The van der Waals surface area contributed by atoms with Gasteiger partial charge in [0, 0.05) is 31.7 Å². The largest absolute Gasteiger partial charge is 0.504 e. The van der Waals surface area contributed by atoms with E-state index in [1.807, 2.05) is 19.1 Å². The zero-order valence-electron chi connectivity index (χ0n) is 13.1. The predicted octanol–water partition coefficient (Wildman–Crippen LogP) is 2.46. The minimum Gasteiger partial charge on any atom is -0.504 e. The van der Waals surface area contributed by atoms with Gasteiger partial charge in [0.25, 0.3) is 0 Å². The van der Waals surface area contributed by atoms with Crippen LogP contribution in [-0.2, 0) is 6.54 Å². The van der Waals surface area contributed by atoms with Gasteiger partial charge in [0.2, 0.25) is 0 Å². The number of piperazine rings is 1. The Kier molecular flexibility index (Phi) is 4.36. The van der Waals surface area contributed by atoms with Gasteiger partial charge in [-0.15, -0.1) is 0 Å². The summed E-state index contributed by atoms with van der Waals surface area (Å²) in [5.41, 5.74) is 1.22. The number of hydrogen-bond donors (Lipinski definition) is 1. The third-order valence-corrected chi connectivity index (χ3v) is 4.93. The van der Waals surface area contributed by atoms with Gasteiger partial charge < -0.3 is 9.84 Å². The lowest BCUT2D eigenvalue weighted by molar-refractivity contribution is 0.0470. The van der Waals surface area contributed by atoms with Gasteiger partial charge in [-0.25, -0.2) is 0 Å². The van der Waals surface area contributed by atoms with Crippen LogP contribution in [0.5, 0.6) is 11.5 Å². The molecule has 0 saturated carbocycles. The molecule has 0 amide bonds. The zero-order valence-corrected chi connectivity index (χ0v) is 13.1. The van der Waals surface area contributed by atoms with Crippen molar-refractivity contribution in [1.82, 2.24) is 9.80 Å². The van der Waals surface area contributed by atoms with Crippen molar-refractivity contribution in [2.75, 3.05) is 26.2 Å². The molecule has 1 aromatic carbocycles. The molecular weight excluding hydrogens is 264 g/mol. The van der Waals surface area contributed by atoms with E-state index in [9.17, 15) is 5.11 Å². The lowest BCUT2D eigenvalue weighted by atomic mass is 10.0. The maximum Gasteiger partial charge on any atom is 0.161 e. The number of aromatic hydroxyl groups is 1. The van der Waals surface area contributed by atoms with E-state index in [-0.39, 0.29) is 5.75 Å². The molecule has 21 heavy (non-hydrogen) atoms. The highest BCUT2D eigenvalue weighted by atomic mass is 16.5. The Morgan fingerprint density at radius 1 is 1.29 bits per heavy atom. The summed E-state index contributed by atoms with van der Waals surface area (Å²) in [5.74, 6) is 0.830. The average molecular weight is 290 g/mol. The molecule has 1 aromatic rings. The monoisotopic (exact) mass is 290 g/mol. The summed E-state index contributed by atoms with van der Waals surface area (Å²) in [7, 11) is 0. The Hall–Kier alpha value is -1.26. The molecule has 4 nitrogen and oxygen atoms in total. The highest BCUT2D eigenvalue weighted by molar-refractivity contribution is 5.41. The first-order chi connectivity index (χ1) is 10.2. The Morgan fingerprint density at radius 2 is 2.14 bits per heavy atom. The first kappa shape index (κ1) is 14.7. The molecular formula is C17H26N2O2. The molecule has 2 fully saturated rings. The van der Waals surface area contributed by atoms with Crippen LogP contribution in [0.3, 0.4) is 0 Å². The summed E-state index contributed by atoms with van der Waals surface area (Å²) in [6.45, 7) is 9.39. The van der Waals surface area contributed by atoms with Crippen molar-refractivity contribution in [2.45, 2.75) is 45.3 Å². The number of fused-ring (bicyclic) bond motifs is 1. The molecule has 2 saturated heterocycles. The number of hydrogen-bond acceptors (Lipinski definition) is 4. The lowest BCUT2D eigenvalue weighted by Gasteiger charge is -2.43. The molecule has 2 aliphatic rings. The number of benzene rings is 1. The summed E-state index contributed by atoms with van der Waals surface area (Å²) in [6.07, 6.45) is 2.67. The summed E-state index contributed by atoms with van der Waals surface area (Å²) >= 11 is 0. The second-order valence-corrected chi connectivity index (χ2v) is 6.19. The SMILES string of the molecule is CCOc1cc(CN2CCN3CCC[C@H]3[C@@H]2C)ccc1O. The topological polar surface area (TPSA) is 35.9 Å². The zero-order chi connectivity index (χ0) is 14.8. The van der Waals surface area contributed by atoms with Gasteiger partial charge in [-0.2, -0.15) is 0 Å². The molecule has 3 rings (SSSR count). The van der Waals surface area contributed by atoms with E-state index in [1.54, 1.807) is 6.07 Å². The first-order valence-electron chi connectivity index (χ1n) is 8.12. The van der Waals surface area contributed by atoms with Crippen molar-refractivity contribution in [3.05, 3.63) is 23.8 Å². The predicted molar refractivity (Wildman–Crippen MR) is 83.7 cm³/mol. The summed E-state index contributed by atoms with van der Waals surface area (Å²) in [5, 5.41) is 9.80. The Balaban J connectivity index is 1.70. The molecule has 4 heteroatoms. The highest BCUT2D eigenvalue weighted by Crippen LogP contribution is 2.30. The van der Waals surface area contributed by atoms with Gasteiger partial charge in [0.05, 0.1) is 6.61 Å². The fourth-order valence-electron chi connectivity index (χ4n) is 3.77. The molecule has 1 N–H and O–H groups in total. The van der Waals surface area contributed by atoms with Crippen molar-refractivity contribution in [2.24, 2.45) is 0 Å². The third kappa shape index (κ3) is 3.01. The molecule has 2 aliphatic heterocycles. The van der Waals surface area contributed by atoms with Gasteiger partial charge in [0.1, 0.15) is 0 Å². The van der Waals surface area contributed by atoms with E-state index in [0.717, 1.165) is 19.1 Å². The normalized spacial score (nSPS) is 26.8. The van der Waals surface area contributed by atoms with Crippen molar-refractivity contribution < 1.29 is 9.84 Å². The Labute approximate surface area is 127 Å². The van der Waals surface area contributed by atoms with Gasteiger partial charge in [-0.1, -0.05) is 6.07 Å². The maximum atomic E-state index is 9.80. The minimum atomic E-state index is 0.231. The molecule has 2 heterocycles. The van der Waals surface area contributed by atoms with Crippen LogP contribution in [0.1, 0.15) is 32.3 Å². The minimum absolute atomic E-state index is 0.231. The number of phenolic OH excluding ortho intramolecular Hbond substituents is 1. The highest BCUT2D eigenvalue weighted by Gasteiger charge is 2.36. The number of phenols is 1. The van der Waals surface area contributed by atoms with E-state index < -0.39 is 0 Å². The van der Waals surface area contributed by atoms with Crippen LogP contribution in [0.2, 0.25) is 0 Å². The number of rotatable bonds is 4. The summed E-state index contributed by atoms with van der Waals surface area (Å²) < 4.78 is 5.49. The fourth-order valence-corrected chi connectivity index (χ4v) is 3.77. The average Bonchev–Trinajstić information content (AvgIpc) is 2.95. The van der Waals surface area contributed by atoms with Crippen molar-refractivity contribution in [1.29, 1.82) is 0 Å². The van der Waals surface area contributed by atoms with Crippen LogP contribution < -0.4 is 4.74 Å². The number of ether oxygens (including phenoxy) is 1. The van der Waals surface area contributed by atoms with Gasteiger partial charge >= 0.3 is 0 Å². The van der Waals surface area contributed by atoms with E-state index in [4.69, 9.17) is 4.74 Å². The van der Waals surface area contributed by atoms with Crippen LogP contribution in [0, 0.1) is 0 Å². The van der Waals surface area contributed by atoms with Gasteiger partial charge in [0.15, 0.2) is 11.5 Å². The molecule has 0 bridgehead atoms. The molecule has 0 unspecified atom stereocenters. The van der Waals surface area contributed by atoms with Crippen LogP contribution in [0.25, 0.3) is 0 Å². The van der Waals surface area contributed by atoms with Crippen LogP contribution in [0.15, 0.2) is 18.2 Å². The van der Waals surface area contributed by atoms with Gasteiger partial charge in [-0.05, 0) is 50.9 Å². The van der Waals surface area contributed by atoms with Crippen LogP contribution in [-0.4, -0.2) is 53.2 Å². The Morgan fingerprint density at radius 3 is 2.95 bits per heavy atom. The third-order valence-electron chi connectivity index (χ3n) is 4.93. The second kappa shape index (κ2) is 6.24. The molecule has 116 valence electrons. The second-order valence-electron chi connectivity index (χ2n) is 6.19. The molecule has 2 atom stereocenters. The quantitative estimate of drug-likeness (QED) is 0.924. The smallest absolute Gasteiger partial charge is 0.161 e. The Bertz CT molecular complexity index is 492. The molecule has 0 spiro atoms. The molecule has 0 aliphatic carbocycles. The summed E-state index contributed by atoms with van der Waals surface area (Å²) in [6, 6.07) is 7.06. The van der Waals surface area contributed by atoms with E-state index in [2.05, 4.69) is 16.7 Å². The van der Waals surface area contributed by atoms with E-state index in [0.29, 0.717) is 18.4 Å². The van der Waals surface area contributed by atoms with E-state index >= 15 is 0 Å². The molecule has 0 aromatic heterocycles. The first-order valence-corrected chi connectivity index (χ1v) is 8.12.